The van der Waals surface area contributed by atoms with Crippen molar-refractivity contribution < 1.29 is 14.5 Å². The summed E-state index contributed by atoms with van der Waals surface area (Å²) in [5.74, 6) is -0.264. The fourth-order valence-electron chi connectivity index (χ4n) is 2.65. The molecule has 8 nitrogen and oxygen atoms in total. The van der Waals surface area contributed by atoms with E-state index in [4.69, 9.17) is 0 Å². The van der Waals surface area contributed by atoms with Crippen LogP contribution in [0.15, 0.2) is 22.7 Å². The number of amides is 2. The average molecular weight is 413 g/mol. The Morgan fingerprint density at radius 3 is 2.48 bits per heavy atom. The van der Waals surface area contributed by atoms with Crippen molar-refractivity contribution >= 4 is 33.4 Å². The summed E-state index contributed by atoms with van der Waals surface area (Å²) in [5, 5.41) is 13.8. The van der Waals surface area contributed by atoms with Crippen LogP contribution >= 0.6 is 15.9 Å². The molecule has 1 fully saturated rings. The molecule has 0 spiro atoms. The van der Waals surface area contributed by atoms with Crippen LogP contribution in [0.1, 0.15) is 24.2 Å². The van der Waals surface area contributed by atoms with Crippen molar-refractivity contribution in [3.63, 3.8) is 0 Å². The maximum absolute atomic E-state index is 12.6. The number of hydrogen-bond acceptors (Lipinski definition) is 5. The Hall–Kier alpha value is -2.00. The van der Waals surface area contributed by atoms with Gasteiger partial charge in [-0.1, -0.05) is 0 Å². The molecule has 0 saturated carbocycles. The number of halogens is 1. The monoisotopic (exact) mass is 412 g/mol. The van der Waals surface area contributed by atoms with E-state index in [1.165, 1.54) is 12.1 Å². The Labute approximate surface area is 154 Å². The number of carbonyl (C=O) groups is 2. The third-order valence-electron chi connectivity index (χ3n) is 3.87. The molecule has 0 aliphatic carbocycles. The Bertz CT molecular complexity index is 672. The van der Waals surface area contributed by atoms with Gasteiger partial charge in [-0.15, -0.1) is 0 Å². The van der Waals surface area contributed by atoms with Crippen LogP contribution in [0.4, 0.5) is 5.69 Å². The van der Waals surface area contributed by atoms with Crippen molar-refractivity contribution in [2.24, 2.45) is 0 Å². The fourth-order valence-corrected chi connectivity index (χ4v) is 3.04. The molecule has 1 heterocycles. The van der Waals surface area contributed by atoms with Gasteiger partial charge in [0.1, 0.15) is 0 Å². The lowest BCUT2D eigenvalue weighted by Crippen LogP contribution is -2.51. The molecular weight excluding hydrogens is 392 g/mol. The Morgan fingerprint density at radius 1 is 1.28 bits per heavy atom. The van der Waals surface area contributed by atoms with Crippen LogP contribution in [-0.2, 0) is 4.79 Å². The second-order valence-corrected chi connectivity index (χ2v) is 7.07. The number of carbonyl (C=O) groups excluding carboxylic acids is 2. The predicted molar refractivity (Wildman–Crippen MR) is 96.4 cm³/mol. The largest absolute Gasteiger partial charge is 0.353 e. The number of piperazine rings is 1. The number of hydrogen-bond donors (Lipinski definition) is 1. The van der Waals surface area contributed by atoms with Gasteiger partial charge in [-0.3, -0.25) is 24.6 Å². The summed E-state index contributed by atoms with van der Waals surface area (Å²) in [4.78, 5) is 38.5. The van der Waals surface area contributed by atoms with Crippen LogP contribution in [0.3, 0.4) is 0 Å². The summed E-state index contributed by atoms with van der Waals surface area (Å²) in [7, 11) is 0. The second-order valence-electron chi connectivity index (χ2n) is 6.21. The van der Waals surface area contributed by atoms with Gasteiger partial charge in [0.05, 0.1) is 15.9 Å². The molecule has 0 aromatic heterocycles. The number of nitro groups is 1. The first kappa shape index (κ1) is 19.3. The van der Waals surface area contributed by atoms with E-state index < -0.39 is 4.92 Å². The van der Waals surface area contributed by atoms with E-state index in [0.717, 1.165) is 0 Å². The van der Waals surface area contributed by atoms with Gasteiger partial charge in [0, 0.05) is 43.9 Å². The highest BCUT2D eigenvalue weighted by Gasteiger charge is 2.25. The van der Waals surface area contributed by atoms with Crippen molar-refractivity contribution in [2.45, 2.75) is 19.9 Å². The van der Waals surface area contributed by atoms with Crippen LogP contribution in [0.25, 0.3) is 0 Å². The highest BCUT2D eigenvalue weighted by atomic mass is 79.9. The van der Waals surface area contributed by atoms with Gasteiger partial charge in [0.2, 0.25) is 5.91 Å². The number of rotatable bonds is 5. The van der Waals surface area contributed by atoms with E-state index >= 15 is 0 Å². The SMILES string of the molecule is CC(C)NC(=O)CN1CCN(C(=O)c2ccc(Br)c([N+](=O)[O-])c2)CC1. The third-order valence-corrected chi connectivity index (χ3v) is 4.54. The maximum Gasteiger partial charge on any atom is 0.284 e. The zero-order valence-corrected chi connectivity index (χ0v) is 15.8. The van der Waals surface area contributed by atoms with E-state index in [1.807, 2.05) is 18.7 Å². The summed E-state index contributed by atoms with van der Waals surface area (Å²) < 4.78 is 0.343. The minimum atomic E-state index is -0.522. The van der Waals surface area contributed by atoms with E-state index in [2.05, 4.69) is 21.2 Å². The van der Waals surface area contributed by atoms with Crippen molar-refractivity contribution in [3.8, 4) is 0 Å². The minimum absolute atomic E-state index is 0.0293. The van der Waals surface area contributed by atoms with E-state index in [-0.39, 0.29) is 23.5 Å². The Kier molecular flexibility index (Phi) is 6.49. The van der Waals surface area contributed by atoms with Gasteiger partial charge in [-0.2, -0.15) is 0 Å². The van der Waals surface area contributed by atoms with Gasteiger partial charge >= 0.3 is 0 Å². The van der Waals surface area contributed by atoms with Crippen LogP contribution in [0, 0.1) is 10.1 Å². The molecule has 2 amide bonds. The predicted octanol–water partition coefficient (Wildman–Crippen LogP) is 1.64. The van der Waals surface area contributed by atoms with Crippen molar-refractivity contribution in [1.82, 2.24) is 15.1 Å². The second kappa shape index (κ2) is 8.39. The van der Waals surface area contributed by atoms with Gasteiger partial charge in [0.15, 0.2) is 0 Å². The summed E-state index contributed by atoms with van der Waals surface area (Å²) in [6.45, 7) is 6.28. The molecule has 1 aliphatic heterocycles. The van der Waals surface area contributed by atoms with E-state index in [1.54, 1.807) is 11.0 Å². The molecule has 2 rings (SSSR count). The quantitative estimate of drug-likeness (QED) is 0.585. The lowest BCUT2D eigenvalue weighted by molar-refractivity contribution is -0.385. The molecule has 1 aliphatic rings. The Morgan fingerprint density at radius 2 is 1.92 bits per heavy atom. The smallest absolute Gasteiger partial charge is 0.284 e. The molecule has 0 radical (unpaired) electrons. The normalized spacial score (nSPS) is 15.3. The third kappa shape index (κ3) is 5.23. The molecule has 1 saturated heterocycles. The molecule has 25 heavy (non-hydrogen) atoms. The van der Waals surface area contributed by atoms with Crippen LogP contribution in [-0.4, -0.2) is 65.3 Å². The number of nitrogens with zero attached hydrogens (tertiary/aromatic N) is 3. The molecular formula is C16H21BrN4O4. The first-order valence-electron chi connectivity index (χ1n) is 8.03. The number of benzene rings is 1. The zero-order chi connectivity index (χ0) is 18.6. The molecule has 0 unspecified atom stereocenters. The summed E-state index contributed by atoms with van der Waals surface area (Å²) >= 11 is 3.11. The van der Waals surface area contributed by atoms with Crippen molar-refractivity contribution in [3.05, 3.63) is 38.3 Å². The molecule has 9 heteroatoms. The lowest BCUT2D eigenvalue weighted by Gasteiger charge is -2.34. The highest BCUT2D eigenvalue weighted by molar-refractivity contribution is 9.10. The molecule has 136 valence electrons. The van der Waals surface area contributed by atoms with Crippen LogP contribution < -0.4 is 5.32 Å². The first-order chi connectivity index (χ1) is 11.8. The van der Waals surface area contributed by atoms with Gasteiger partial charge < -0.3 is 10.2 Å². The highest BCUT2D eigenvalue weighted by Crippen LogP contribution is 2.26. The summed E-state index contributed by atoms with van der Waals surface area (Å²) in [6, 6.07) is 4.47. The van der Waals surface area contributed by atoms with Crippen molar-refractivity contribution in [2.75, 3.05) is 32.7 Å². The van der Waals surface area contributed by atoms with Crippen LogP contribution in [0.2, 0.25) is 0 Å². The summed E-state index contributed by atoms with van der Waals surface area (Å²) in [6.07, 6.45) is 0. The zero-order valence-electron chi connectivity index (χ0n) is 14.2. The van der Waals surface area contributed by atoms with E-state index in [9.17, 15) is 19.7 Å². The average Bonchev–Trinajstić information content (AvgIpc) is 2.54. The topological polar surface area (TPSA) is 95.8 Å². The number of nitro benzene ring substituents is 1. The van der Waals surface area contributed by atoms with Gasteiger partial charge in [0.25, 0.3) is 11.6 Å². The van der Waals surface area contributed by atoms with Gasteiger partial charge in [-0.25, -0.2) is 0 Å². The maximum atomic E-state index is 12.6. The Balaban J connectivity index is 1.94. The molecule has 1 aromatic carbocycles. The molecule has 0 atom stereocenters. The standard InChI is InChI=1S/C16H21BrN4O4/c1-11(2)18-15(22)10-19-5-7-20(8-6-19)16(23)12-3-4-13(17)14(9-12)21(24)25/h3-4,9,11H,5-8,10H2,1-2H3,(H,18,22). The van der Waals surface area contributed by atoms with E-state index in [0.29, 0.717) is 42.8 Å². The number of nitrogens with one attached hydrogen (secondary N) is 1. The van der Waals surface area contributed by atoms with Gasteiger partial charge in [-0.05, 0) is 41.9 Å². The summed E-state index contributed by atoms with van der Waals surface area (Å²) in [5.41, 5.74) is 0.163. The molecule has 1 aromatic rings. The minimum Gasteiger partial charge on any atom is -0.353 e. The lowest BCUT2D eigenvalue weighted by atomic mass is 10.1. The fraction of sp³-hybridized carbons (Fsp3) is 0.500. The first-order valence-corrected chi connectivity index (χ1v) is 8.82. The molecule has 0 bridgehead atoms. The molecule has 1 N–H and O–H groups in total. The van der Waals surface area contributed by atoms with Crippen molar-refractivity contribution in [1.29, 1.82) is 0 Å². The van der Waals surface area contributed by atoms with Crippen LogP contribution in [0.5, 0.6) is 0 Å².